The quantitative estimate of drug-likeness (QED) is 0.367. The minimum absolute atomic E-state index is 0.542. The fourth-order valence-electron chi connectivity index (χ4n) is 1.12. The van der Waals surface area contributed by atoms with Crippen LogP contribution in [0, 0.1) is 10.1 Å². The third-order valence-corrected chi connectivity index (χ3v) is 1.99. The van der Waals surface area contributed by atoms with Crippen LogP contribution in [0.2, 0.25) is 0 Å². The van der Waals surface area contributed by atoms with Gasteiger partial charge < -0.3 is 0 Å². The monoisotopic (exact) mass is 269 g/mol. The number of hydrogen-bond acceptors (Lipinski definition) is 3. The zero-order valence-electron chi connectivity index (χ0n) is 8.37. The summed E-state index contributed by atoms with van der Waals surface area (Å²) in [6, 6.07) is 3.20. The number of halogens is 5. The molecule has 0 aromatic heterocycles. The van der Waals surface area contributed by atoms with Crippen LogP contribution in [0.25, 0.3) is 0 Å². The van der Waals surface area contributed by atoms with Gasteiger partial charge in [-0.25, -0.2) is 0 Å². The standard InChI is InChI=1S/C9H4F5NO3/c10-8(11,9(12,13)14)7(16)5-3-1-2-4-6(5)15(17)18/h1-4H. The van der Waals surface area contributed by atoms with E-state index in [-0.39, 0.29) is 0 Å². The van der Waals surface area contributed by atoms with Crippen LogP contribution in [0.4, 0.5) is 27.6 Å². The summed E-state index contributed by atoms with van der Waals surface area (Å²) < 4.78 is 61.4. The molecule has 0 bridgehead atoms. The van der Waals surface area contributed by atoms with Gasteiger partial charge in [0, 0.05) is 6.07 Å². The number of hydrogen-bond donors (Lipinski definition) is 0. The minimum atomic E-state index is -6.10. The SMILES string of the molecule is O=C(c1ccccc1[N+](=O)[O-])C(F)(F)C(F)(F)F. The number of para-hydroxylation sites is 1. The Morgan fingerprint density at radius 3 is 2.06 bits per heavy atom. The zero-order chi connectivity index (χ0) is 14.1. The lowest BCUT2D eigenvalue weighted by atomic mass is 10.0. The maximum absolute atomic E-state index is 12.8. The summed E-state index contributed by atoms with van der Waals surface area (Å²) in [5.74, 6) is -8.32. The van der Waals surface area contributed by atoms with Crippen molar-refractivity contribution in [2.45, 2.75) is 12.1 Å². The molecule has 0 aliphatic carbocycles. The van der Waals surface area contributed by atoms with Crippen molar-refractivity contribution in [1.82, 2.24) is 0 Å². The van der Waals surface area contributed by atoms with Gasteiger partial charge in [0.05, 0.1) is 4.92 Å². The molecule has 0 atom stereocenters. The highest BCUT2D eigenvalue weighted by Gasteiger charge is 2.64. The molecule has 98 valence electrons. The molecule has 0 amide bonds. The van der Waals surface area contributed by atoms with E-state index < -0.39 is 34.1 Å². The molecule has 1 aromatic carbocycles. The number of carbonyl (C=O) groups is 1. The predicted molar refractivity (Wildman–Crippen MR) is 48.4 cm³/mol. The van der Waals surface area contributed by atoms with Crippen LogP contribution in [0.15, 0.2) is 24.3 Å². The van der Waals surface area contributed by atoms with E-state index in [1.165, 1.54) is 0 Å². The molecule has 0 aliphatic rings. The first-order valence-corrected chi connectivity index (χ1v) is 4.32. The Hall–Kier alpha value is -2.06. The lowest BCUT2D eigenvalue weighted by Crippen LogP contribution is -2.44. The molecule has 0 fully saturated rings. The van der Waals surface area contributed by atoms with Crippen LogP contribution in [0.3, 0.4) is 0 Å². The molecule has 0 N–H and O–H groups in total. The number of nitrogens with zero attached hydrogens (tertiary/aromatic N) is 1. The minimum Gasteiger partial charge on any atom is -0.287 e. The van der Waals surface area contributed by atoms with Crippen LogP contribution in [-0.4, -0.2) is 22.8 Å². The van der Waals surface area contributed by atoms with Crippen LogP contribution >= 0.6 is 0 Å². The van der Waals surface area contributed by atoms with E-state index in [1.807, 2.05) is 0 Å². The Morgan fingerprint density at radius 1 is 1.11 bits per heavy atom. The van der Waals surface area contributed by atoms with Crippen LogP contribution in [-0.2, 0) is 0 Å². The van der Waals surface area contributed by atoms with Crippen molar-refractivity contribution in [2.24, 2.45) is 0 Å². The largest absolute Gasteiger partial charge is 0.461 e. The van der Waals surface area contributed by atoms with E-state index in [0.29, 0.717) is 12.1 Å². The van der Waals surface area contributed by atoms with E-state index in [9.17, 15) is 36.9 Å². The van der Waals surface area contributed by atoms with Gasteiger partial charge in [0.25, 0.3) is 5.69 Å². The van der Waals surface area contributed by atoms with Crippen molar-refractivity contribution in [3.8, 4) is 0 Å². The summed E-state index contributed by atoms with van der Waals surface area (Å²) in [6.07, 6.45) is -6.10. The van der Waals surface area contributed by atoms with E-state index in [4.69, 9.17) is 0 Å². The van der Waals surface area contributed by atoms with Crippen molar-refractivity contribution in [3.63, 3.8) is 0 Å². The Balaban J connectivity index is 3.33. The van der Waals surface area contributed by atoms with Gasteiger partial charge in [-0.15, -0.1) is 0 Å². The number of nitro benzene ring substituents is 1. The number of carbonyl (C=O) groups excluding carboxylic acids is 1. The van der Waals surface area contributed by atoms with Crippen molar-refractivity contribution < 1.29 is 31.7 Å². The van der Waals surface area contributed by atoms with Gasteiger partial charge in [-0.1, -0.05) is 12.1 Å². The van der Waals surface area contributed by atoms with Gasteiger partial charge in [-0.05, 0) is 6.07 Å². The zero-order valence-corrected chi connectivity index (χ0v) is 8.37. The average molecular weight is 269 g/mol. The summed E-state index contributed by atoms with van der Waals surface area (Å²) in [4.78, 5) is 20.3. The third kappa shape index (κ3) is 2.29. The highest BCUT2D eigenvalue weighted by Crippen LogP contribution is 2.39. The van der Waals surface area contributed by atoms with Crippen LogP contribution in [0.1, 0.15) is 10.4 Å². The fraction of sp³-hybridized carbons (Fsp3) is 0.222. The number of alkyl halides is 5. The molecule has 0 spiro atoms. The van der Waals surface area contributed by atoms with E-state index in [2.05, 4.69) is 0 Å². The second-order valence-electron chi connectivity index (χ2n) is 3.18. The van der Waals surface area contributed by atoms with Crippen LogP contribution in [0.5, 0.6) is 0 Å². The molecule has 0 heterocycles. The first-order chi connectivity index (χ1) is 8.09. The second kappa shape index (κ2) is 4.31. The van der Waals surface area contributed by atoms with Crippen molar-refractivity contribution in [1.29, 1.82) is 0 Å². The third-order valence-electron chi connectivity index (χ3n) is 1.99. The number of rotatable bonds is 3. The Kier molecular flexibility index (Phi) is 3.36. The highest BCUT2D eigenvalue weighted by molar-refractivity contribution is 6.05. The molecule has 18 heavy (non-hydrogen) atoms. The van der Waals surface area contributed by atoms with Gasteiger partial charge in [0.15, 0.2) is 0 Å². The van der Waals surface area contributed by atoms with E-state index in [0.717, 1.165) is 12.1 Å². The molecular formula is C9H4F5NO3. The number of nitro groups is 1. The smallest absolute Gasteiger partial charge is 0.287 e. The topological polar surface area (TPSA) is 60.2 Å². The number of Topliss-reactive ketones (excluding diaryl/α,β-unsaturated/α-hetero) is 1. The first kappa shape index (κ1) is 14.0. The lowest BCUT2D eigenvalue weighted by molar-refractivity contribution is -0.385. The lowest BCUT2D eigenvalue weighted by Gasteiger charge is -2.17. The second-order valence-corrected chi connectivity index (χ2v) is 3.18. The molecule has 1 aromatic rings. The molecular weight excluding hydrogens is 265 g/mol. The molecule has 0 saturated carbocycles. The maximum Gasteiger partial charge on any atom is 0.461 e. The number of ketones is 1. The van der Waals surface area contributed by atoms with Crippen molar-refractivity contribution >= 4 is 11.5 Å². The summed E-state index contributed by atoms with van der Waals surface area (Å²) >= 11 is 0. The maximum atomic E-state index is 12.8. The summed E-state index contributed by atoms with van der Waals surface area (Å²) in [7, 11) is 0. The number of benzene rings is 1. The molecule has 0 unspecified atom stereocenters. The Bertz CT molecular complexity index is 497. The van der Waals surface area contributed by atoms with Gasteiger partial charge in [0.1, 0.15) is 5.56 Å². The Labute approximate surface area is 96.2 Å². The predicted octanol–water partition coefficient (Wildman–Crippen LogP) is 2.98. The van der Waals surface area contributed by atoms with E-state index >= 15 is 0 Å². The molecule has 4 nitrogen and oxygen atoms in total. The summed E-state index contributed by atoms with van der Waals surface area (Å²) in [6.45, 7) is 0. The highest BCUT2D eigenvalue weighted by atomic mass is 19.4. The summed E-state index contributed by atoms with van der Waals surface area (Å²) in [5, 5.41) is 10.4. The van der Waals surface area contributed by atoms with Crippen LogP contribution < -0.4 is 0 Å². The summed E-state index contributed by atoms with van der Waals surface area (Å²) in [5.41, 5.74) is -2.39. The van der Waals surface area contributed by atoms with Crippen molar-refractivity contribution in [3.05, 3.63) is 39.9 Å². The van der Waals surface area contributed by atoms with Gasteiger partial charge in [-0.3, -0.25) is 14.9 Å². The fourth-order valence-corrected chi connectivity index (χ4v) is 1.12. The first-order valence-electron chi connectivity index (χ1n) is 4.32. The molecule has 1 rings (SSSR count). The average Bonchev–Trinajstić information content (AvgIpc) is 2.26. The normalized spacial score (nSPS) is 12.3. The Morgan fingerprint density at radius 2 is 1.61 bits per heavy atom. The van der Waals surface area contributed by atoms with Crippen molar-refractivity contribution in [2.75, 3.05) is 0 Å². The van der Waals surface area contributed by atoms with E-state index in [1.54, 1.807) is 0 Å². The van der Waals surface area contributed by atoms with Gasteiger partial charge >= 0.3 is 12.1 Å². The molecule has 0 saturated heterocycles. The molecule has 0 aliphatic heterocycles. The van der Waals surface area contributed by atoms with Gasteiger partial charge in [-0.2, -0.15) is 22.0 Å². The molecule has 0 radical (unpaired) electrons. The van der Waals surface area contributed by atoms with Gasteiger partial charge in [0.2, 0.25) is 5.78 Å². The molecule has 9 heteroatoms.